The number of carbonyl (C=O) groups excluding carboxylic acids is 1. The lowest BCUT2D eigenvalue weighted by atomic mass is 9.87. The maximum Gasteiger partial charge on any atom is 0.261 e. The number of hydrogen-bond acceptors (Lipinski definition) is 2. The second kappa shape index (κ2) is 8.19. The molecule has 2 rings (SSSR count). The Morgan fingerprint density at radius 3 is 2.36 bits per heavy atom. The van der Waals surface area contributed by atoms with E-state index in [2.05, 4.69) is 44.3 Å². The third kappa shape index (κ3) is 5.63. The Labute approximate surface area is 151 Å². The monoisotopic (exact) mass is 339 g/mol. The number of carbonyl (C=O) groups is 1. The first-order valence-corrected chi connectivity index (χ1v) is 8.90. The second-order valence-corrected chi connectivity index (χ2v) is 7.50. The molecule has 1 atom stereocenters. The van der Waals surface area contributed by atoms with Crippen LogP contribution in [0.1, 0.15) is 50.8 Å². The third-order valence-electron chi connectivity index (χ3n) is 4.21. The number of nitrogens with one attached hydrogen (secondary N) is 1. The maximum absolute atomic E-state index is 12.4. The molecule has 0 fully saturated rings. The molecule has 134 valence electrons. The standard InChI is InChI=1S/C22H29NO2/c1-6-20(21(24)23-15-17-9-7-8-16(2)14-17)25-19-12-10-18(11-13-19)22(3,4)5/h7-14,20H,6,15H2,1-5H3,(H,23,24)/t20-/m0/s1. The highest BCUT2D eigenvalue weighted by Crippen LogP contribution is 2.24. The van der Waals surface area contributed by atoms with E-state index < -0.39 is 6.10 Å². The van der Waals surface area contributed by atoms with E-state index in [0.29, 0.717) is 13.0 Å². The van der Waals surface area contributed by atoms with Crippen molar-refractivity contribution in [3.63, 3.8) is 0 Å². The first-order valence-electron chi connectivity index (χ1n) is 8.90. The lowest BCUT2D eigenvalue weighted by molar-refractivity contribution is -0.128. The molecule has 0 unspecified atom stereocenters. The Bertz CT molecular complexity index is 699. The molecule has 0 bridgehead atoms. The number of hydrogen-bond donors (Lipinski definition) is 1. The van der Waals surface area contributed by atoms with Crippen molar-refractivity contribution in [3.8, 4) is 5.75 Å². The highest BCUT2D eigenvalue weighted by atomic mass is 16.5. The summed E-state index contributed by atoms with van der Waals surface area (Å²) in [6, 6.07) is 16.1. The van der Waals surface area contributed by atoms with Crippen molar-refractivity contribution in [1.29, 1.82) is 0 Å². The van der Waals surface area contributed by atoms with Crippen LogP contribution in [0.2, 0.25) is 0 Å². The Kier molecular flexibility index (Phi) is 6.24. The van der Waals surface area contributed by atoms with Crippen LogP contribution < -0.4 is 10.1 Å². The molecule has 0 aliphatic carbocycles. The fourth-order valence-corrected chi connectivity index (χ4v) is 2.65. The molecule has 0 saturated heterocycles. The minimum atomic E-state index is -0.481. The number of aryl methyl sites for hydroxylation is 1. The summed E-state index contributed by atoms with van der Waals surface area (Å²) >= 11 is 0. The molecule has 1 amide bonds. The molecule has 25 heavy (non-hydrogen) atoms. The van der Waals surface area contributed by atoms with Gasteiger partial charge in [-0.15, -0.1) is 0 Å². The Morgan fingerprint density at radius 2 is 1.80 bits per heavy atom. The molecule has 0 aromatic heterocycles. The zero-order valence-electron chi connectivity index (χ0n) is 15.9. The molecule has 0 aliphatic heterocycles. The molecule has 0 spiro atoms. The van der Waals surface area contributed by atoms with Gasteiger partial charge in [0.2, 0.25) is 0 Å². The van der Waals surface area contributed by atoms with Gasteiger partial charge in [-0.05, 0) is 42.0 Å². The van der Waals surface area contributed by atoms with E-state index >= 15 is 0 Å². The van der Waals surface area contributed by atoms with Gasteiger partial charge >= 0.3 is 0 Å². The van der Waals surface area contributed by atoms with Crippen molar-refractivity contribution in [2.24, 2.45) is 0 Å². The molecular weight excluding hydrogens is 310 g/mol. The van der Waals surface area contributed by atoms with Crippen molar-refractivity contribution in [1.82, 2.24) is 5.32 Å². The molecule has 3 heteroatoms. The van der Waals surface area contributed by atoms with Crippen molar-refractivity contribution < 1.29 is 9.53 Å². The van der Waals surface area contributed by atoms with Gasteiger partial charge in [-0.2, -0.15) is 0 Å². The maximum atomic E-state index is 12.4. The summed E-state index contributed by atoms with van der Waals surface area (Å²) in [6.45, 7) is 11.1. The highest BCUT2D eigenvalue weighted by Gasteiger charge is 2.19. The zero-order valence-corrected chi connectivity index (χ0v) is 15.9. The SMILES string of the molecule is CC[C@H](Oc1ccc(C(C)(C)C)cc1)C(=O)NCc1cccc(C)c1. The van der Waals surface area contributed by atoms with Gasteiger partial charge in [-0.25, -0.2) is 0 Å². The van der Waals surface area contributed by atoms with Crippen LogP contribution in [0.3, 0.4) is 0 Å². The quantitative estimate of drug-likeness (QED) is 0.823. The average Bonchev–Trinajstić information content (AvgIpc) is 2.57. The Hall–Kier alpha value is -2.29. The first kappa shape index (κ1) is 19.0. The molecule has 1 N–H and O–H groups in total. The van der Waals surface area contributed by atoms with Gasteiger partial charge in [-0.3, -0.25) is 4.79 Å². The zero-order chi connectivity index (χ0) is 18.4. The highest BCUT2D eigenvalue weighted by molar-refractivity contribution is 5.81. The van der Waals surface area contributed by atoms with E-state index in [1.54, 1.807) is 0 Å². The Balaban J connectivity index is 1.95. The molecule has 0 saturated carbocycles. The van der Waals surface area contributed by atoms with Gasteiger partial charge in [0.05, 0.1) is 0 Å². The van der Waals surface area contributed by atoms with Crippen molar-refractivity contribution in [2.45, 2.75) is 59.1 Å². The van der Waals surface area contributed by atoms with Crippen molar-refractivity contribution >= 4 is 5.91 Å². The van der Waals surface area contributed by atoms with Crippen LogP contribution in [0, 0.1) is 6.92 Å². The fourth-order valence-electron chi connectivity index (χ4n) is 2.65. The number of ether oxygens (including phenoxy) is 1. The summed E-state index contributed by atoms with van der Waals surface area (Å²) in [5.74, 6) is 0.648. The van der Waals surface area contributed by atoms with E-state index in [4.69, 9.17) is 4.74 Å². The van der Waals surface area contributed by atoms with Crippen LogP contribution in [-0.4, -0.2) is 12.0 Å². The molecule has 0 radical (unpaired) electrons. The summed E-state index contributed by atoms with van der Waals surface area (Å²) in [6.07, 6.45) is 0.144. The smallest absolute Gasteiger partial charge is 0.261 e. The first-order chi connectivity index (χ1) is 11.8. The minimum absolute atomic E-state index is 0.0797. The normalized spacial score (nSPS) is 12.5. The molecule has 2 aromatic carbocycles. The van der Waals surface area contributed by atoms with Gasteiger partial charge in [0.25, 0.3) is 5.91 Å². The summed E-state index contributed by atoms with van der Waals surface area (Å²) in [5.41, 5.74) is 3.64. The molecule has 0 aliphatic rings. The van der Waals surface area contributed by atoms with Gasteiger partial charge < -0.3 is 10.1 Å². The number of benzene rings is 2. The van der Waals surface area contributed by atoms with Crippen LogP contribution in [0.5, 0.6) is 5.75 Å². The topological polar surface area (TPSA) is 38.3 Å². The molecule has 2 aromatic rings. The molecule has 0 heterocycles. The van der Waals surface area contributed by atoms with E-state index in [0.717, 1.165) is 11.3 Å². The summed E-state index contributed by atoms with van der Waals surface area (Å²) < 4.78 is 5.89. The van der Waals surface area contributed by atoms with Crippen molar-refractivity contribution in [2.75, 3.05) is 0 Å². The van der Waals surface area contributed by atoms with Crippen LogP contribution >= 0.6 is 0 Å². The van der Waals surface area contributed by atoms with Crippen LogP contribution in [0.25, 0.3) is 0 Å². The van der Waals surface area contributed by atoms with Gasteiger partial charge in [0, 0.05) is 6.54 Å². The number of amides is 1. The summed E-state index contributed by atoms with van der Waals surface area (Å²) in [5, 5.41) is 2.97. The second-order valence-electron chi connectivity index (χ2n) is 7.50. The lowest BCUT2D eigenvalue weighted by Crippen LogP contribution is -2.37. The summed E-state index contributed by atoms with van der Waals surface area (Å²) in [7, 11) is 0. The van der Waals surface area contributed by atoms with Gasteiger partial charge in [0.15, 0.2) is 6.10 Å². The largest absolute Gasteiger partial charge is 0.481 e. The predicted octanol–water partition coefficient (Wildman–Crippen LogP) is 4.77. The lowest BCUT2D eigenvalue weighted by Gasteiger charge is -2.21. The molecular formula is C22H29NO2. The van der Waals surface area contributed by atoms with Crippen LogP contribution in [0.4, 0.5) is 0 Å². The average molecular weight is 339 g/mol. The van der Waals surface area contributed by atoms with Gasteiger partial charge in [-0.1, -0.05) is 69.7 Å². The molecule has 3 nitrogen and oxygen atoms in total. The van der Waals surface area contributed by atoms with Crippen LogP contribution in [-0.2, 0) is 16.8 Å². The number of rotatable bonds is 6. The van der Waals surface area contributed by atoms with Gasteiger partial charge in [0.1, 0.15) is 5.75 Å². The predicted molar refractivity (Wildman–Crippen MR) is 103 cm³/mol. The van der Waals surface area contributed by atoms with E-state index in [9.17, 15) is 4.79 Å². The van der Waals surface area contributed by atoms with E-state index in [1.807, 2.05) is 44.2 Å². The fraction of sp³-hybridized carbons (Fsp3) is 0.409. The third-order valence-corrected chi connectivity index (χ3v) is 4.21. The van der Waals surface area contributed by atoms with E-state index in [-0.39, 0.29) is 11.3 Å². The van der Waals surface area contributed by atoms with Crippen LogP contribution in [0.15, 0.2) is 48.5 Å². The van der Waals surface area contributed by atoms with E-state index in [1.165, 1.54) is 11.1 Å². The summed E-state index contributed by atoms with van der Waals surface area (Å²) in [4.78, 5) is 12.4. The Morgan fingerprint density at radius 1 is 1.12 bits per heavy atom. The van der Waals surface area contributed by atoms with Crippen molar-refractivity contribution in [3.05, 3.63) is 65.2 Å². The minimum Gasteiger partial charge on any atom is -0.481 e.